The van der Waals surface area contributed by atoms with Gasteiger partial charge >= 0.3 is 0 Å². The molecule has 28 heavy (non-hydrogen) atoms. The van der Waals surface area contributed by atoms with Crippen LogP contribution in [0.25, 0.3) is 5.69 Å². The summed E-state index contributed by atoms with van der Waals surface area (Å²) in [4.78, 5) is 12.7. The fourth-order valence-corrected chi connectivity index (χ4v) is 4.22. The highest BCUT2D eigenvalue weighted by Gasteiger charge is 2.28. The Bertz CT molecular complexity index is 957. The lowest BCUT2D eigenvalue weighted by molar-refractivity contribution is -0.115. The molecule has 1 aromatic heterocycles. The Hall–Kier alpha value is -2.89. The lowest BCUT2D eigenvalue weighted by Gasteiger charge is -2.25. The van der Waals surface area contributed by atoms with Crippen LogP contribution in [-0.2, 0) is 11.2 Å². The van der Waals surface area contributed by atoms with Gasteiger partial charge in [0.25, 0.3) is 5.91 Å². The second-order valence-electron chi connectivity index (χ2n) is 7.72. The molecule has 0 spiro atoms. The van der Waals surface area contributed by atoms with Crippen molar-refractivity contribution in [1.29, 1.82) is 5.41 Å². The van der Waals surface area contributed by atoms with Crippen LogP contribution in [0.4, 0.5) is 0 Å². The molecule has 3 N–H and O–H groups in total. The molecule has 6 nitrogen and oxygen atoms in total. The number of allylic oxidation sites excluding steroid dienone is 1. The third kappa shape index (κ3) is 3.46. The molecule has 0 bridgehead atoms. The van der Waals surface area contributed by atoms with E-state index in [4.69, 9.17) is 5.41 Å². The van der Waals surface area contributed by atoms with E-state index in [9.17, 15) is 9.90 Å². The second kappa shape index (κ2) is 7.62. The lowest BCUT2D eigenvalue weighted by Crippen LogP contribution is -2.36. The predicted molar refractivity (Wildman–Crippen MR) is 108 cm³/mol. The Labute approximate surface area is 164 Å². The third-order valence-electron chi connectivity index (χ3n) is 5.70. The Morgan fingerprint density at radius 3 is 2.86 bits per heavy atom. The van der Waals surface area contributed by atoms with Crippen molar-refractivity contribution in [2.75, 3.05) is 0 Å². The molecule has 0 saturated heterocycles. The van der Waals surface area contributed by atoms with E-state index in [1.165, 1.54) is 5.56 Å². The molecule has 4 rings (SSSR count). The number of carbonyl (C=O) groups is 1. The van der Waals surface area contributed by atoms with Gasteiger partial charge in [-0.15, -0.1) is 0 Å². The minimum absolute atomic E-state index is 0.101. The number of aliphatic hydroxyl groups is 1. The van der Waals surface area contributed by atoms with Crippen molar-refractivity contribution in [2.45, 2.75) is 57.9 Å². The van der Waals surface area contributed by atoms with Crippen LogP contribution < -0.4 is 5.32 Å². The van der Waals surface area contributed by atoms with Gasteiger partial charge in [0.1, 0.15) is 5.71 Å². The summed E-state index contributed by atoms with van der Waals surface area (Å²) in [5.74, 6) is -0.215. The van der Waals surface area contributed by atoms with E-state index in [1.807, 2.05) is 23.0 Å². The van der Waals surface area contributed by atoms with E-state index in [0.29, 0.717) is 18.4 Å². The molecule has 146 valence electrons. The zero-order valence-electron chi connectivity index (χ0n) is 16.2. The van der Waals surface area contributed by atoms with Crippen molar-refractivity contribution in [3.8, 4) is 5.69 Å². The lowest BCUT2D eigenvalue weighted by atomic mass is 9.91. The van der Waals surface area contributed by atoms with Gasteiger partial charge in [-0.05, 0) is 63.1 Å². The first-order valence-electron chi connectivity index (χ1n) is 9.99. The first-order chi connectivity index (χ1) is 13.5. The van der Waals surface area contributed by atoms with Gasteiger partial charge in [-0.1, -0.05) is 12.1 Å². The number of carbonyl (C=O) groups excluding carboxylic acids is 1. The minimum Gasteiger partial charge on any atom is -0.512 e. The quantitative estimate of drug-likeness (QED) is 0.700. The Kier molecular flexibility index (Phi) is 5.03. The number of aryl methyl sites for hydroxylation is 1. The van der Waals surface area contributed by atoms with Gasteiger partial charge in [0.15, 0.2) is 0 Å². The average Bonchev–Trinajstić information content (AvgIpc) is 3.13. The van der Waals surface area contributed by atoms with Crippen LogP contribution in [0.2, 0.25) is 0 Å². The topological polar surface area (TPSA) is 91.0 Å². The monoisotopic (exact) mass is 378 g/mol. The van der Waals surface area contributed by atoms with E-state index in [2.05, 4.69) is 29.5 Å². The maximum atomic E-state index is 12.7. The molecule has 1 aromatic carbocycles. The van der Waals surface area contributed by atoms with Crippen LogP contribution in [0.5, 0.6) is 0 Å². The van der Waals surface area contributed by atoms with Crippen LogP contribution in [0.1, 0.15) is 61.4 Å². The van der Waals surface area contributed by atoms with Crippen molar-refractivity contribution in [1.82, 2.24) is 15.1 Å². The summed E-state index contributed by atoms with van der Waals surface area (Å²) in [7, 11) is 0. The average molecular weight is 378 g/mol. The zero-order valence-corrected chi connectivity index (χ0v) is 16.2. The fraction of sp³-hybridized carbons (Fsp3) is 0.409. The molecule has 2 aliphatic rings. The molecule has 1 amide bonds. The van der Waals surface area contributed by atoms with Crippen molar-refractivity contribution in [2.24, 2.45) is 0 Å². The van der Waals surface area contributed by atoms with Crippen molar-refractivity contribution in [3.05, 3.63) is 58.6 Å². The molecular formula is C22H26N4O2. The molecule has 1 heterocycles. The number of hydrogen-bond donors (Lipinski definition) is 3. The van der Waals surface area contributed by atoms with Crippen molar-refractivity contribution >= 4 is 11.6 Å². The minimum atomic E-state index is -0.412. The molecule has 0 fully saturated rings. The maximum absolute atomic E-state index is 12.7. The van der Waals surface area contributed by atoms with Crippen LogP contribution in [0.3, 0.4) is 0 Å². The summed E-state index contributed by atoms with van der Waals surface area (Å²) in [6.45, 7) is 2.06. The molecule has 0 aliphatic heterocycles. The Morgan fingerprint density at radius 2 is 2.07 bits per heavy atom. The summed E-state index contributed by atoms with van der Waals surface area (Å²) >= 11 is 0. The number of aliphatic hydroxyl groups excluding tert-OH is 1. The van der Waals surface area contributed by atoms with E-state index in [0.717, 1.165) is 49.0 Å². The van der Waals surface area contributed by atoms with Gasteiger partial charge in [-0.3, -0.25) is 10.2 Å². The van der Waals surface area contributed by atoms with Gasteiger partial charge in [-0.25, -0.2) is 4.68 Å². The first-order valence-corrected chi connectivity index (χ1v) is 9.99. The number of nitrogens with one attached hydrogen (secondary N) is 2. The third-order valence-corrected chi connectivity index (χ3v) is 5.70. The number of fused-ring (bicyclic) bond motifs is 1. The molecule has 0 saturated carbocycles. The summed E-state index contributed by atoms with van der Waals surface area (Å²) in [5, 5.41) is 25.9. The molecule has 0 radical (unpaired) electrons. The van der Waals surface area contributed by atoms with Crippen LogP contribution in [0, 0.1) is 12.3 Å². The number of nitrogens with zero attached hydrogens (tertiary/aromatic N) is 2. The number of amides is 1. The molecule has 1 unspecified atom stereocenters. The Balaban J connectivity index is 1.56. The zero-order chi connectivity index (χ0) is 19.7. The highest BCUT2D eigenvalue weighted by molar-refractivity contribution is 6.44. The normalized spacial score (nSPS) is 19.2. The number of hydrogen-bond acceptors (Lipinski definition) is 4. The highest BCUT2D eigenvalue weighted by atomic mass is 16.3. The number of benzene rings is 1. The van der Waals surface area contributed by atoms with Gasteiger partial charge in [-0.2, -0.15) is 5.10 Å². The summed E-state index contributed by atoms with van der Waals surface area (Å²) in [6, 6.07) is 8.07. The van der Waals surface area contributed by atoms with E-state index >= 15 is 0 Å². The molecule has 1 atom stereocenters. The SMILES string of the molecule is Cc1cccc(-n2ncc3c2CCCC3NC(=O)C(=N)C2=C(O)CCCC2)c1. The van der Waals surface area contributed by atoms with E-state index in [1.54, 1.807) is 0 Å². The molecule has 6 heteroatoms. The molecular weight excluding hydrogens is 352 g/mol. The molecule has 2 aromatic rings. The predicted octanol–water partition coefficient (Wildman–Crippen LogP) is 4.08. The standard InChI is InChI=1S/C22H26N4O2/c1-14-6-4-7-15(12-14)26-19-10-5-9-18(17(19)13-24-26)25-22(28)21(23)16-8-2-3-11-20(16)27/h4,6-7,12-13,18,23,27H,2-3,5,8-11H2,1H3,(H,25,28). The first kappa shape index (κ1) is 18.5. The summed E-state index contributed by atoms with van der Waals surface area (Å²) in [5.41, 5.74) is 4.74. The highest BCUT2D eigenvalue weighted by Crippen LogP contribution is 2.31. The largest absolute Gasteiger partial charge is 0.512 e. The maximum Gasteiger partial charge on any atom is 0.270 e. The molecule has 2 aliphatic carbocycles. The van der Waals surface area contributed by atoms with Gasteiger partial charge in [0.2, 0.25) is 0 Å². The van der Waals surface area contributed by atoms with E-state index in [-0.39, 0.29) is 17.5 Å². The van der Waals surface area contributed by atoms with Crippen LogP contribution >= 0.6 is 0 Å². The number of aromatic nitrogens is 2. The van der Waals surface area contributed by atoms with Gasteiger partial charge < -0.3 is 10.4 Å². The fourth-order valence-electron chi connectivity index (χ4n) is 4.22. The van der Waals surface area contributed by atoms with Gasteiger partial charge in [0, 0.05) is 23.3 Å². The smallest absolute Gasteiger partial charge is 0.270 e. The van der Waals surface area contributed by atoms with Crippen LogP contribution in [0.15, 0.2) is 41.8 Å². The summed E-state index contributed by atoms with van der Waals surface area (Å²) in [6.07, 6.45) is 7.51. The second-order valence-corrected chi connectivity index (χ2v) is 7.72. The van der Waals surface area contributed by atoms with Crippen molar-refractivity contribution in [3.63, 3.8) is 0 Å². The van der Waals surface area contributed by atoms with E-state index < -0.39 is 5.91 Å². The van der Waals surface area contributed by atoms with Crippen LogP contribution in [-0.4, -0.2) is 26.5 Å². The Morgan fingerprint density at radius 1 is 1.25 bits per heavy atom. The number of rotatable bonds is 4. The summed E-state index contributed by atoms with van der Waals surface area (Å²) < 4.78 is 1.96. The van der Waals surface area contributed by atoms with Crippen molar-refractivity contribution < 1.29 is 9.90 Å². The van der Waals surface area contributed by atoms with Gasteiger partial charge in [0.05, 0.1) is 23.7 Å².